The van der Waals surface area contributed by atoms with Gasteiger partial charge in [0.15, 0.2) is 23.1 Å². The van der Waals surface area contributed by atoms with Gasteiger partial charge in [0.25, 0.3) is 0 Å². The van der Waals surface area contributed by atoms with Gasteiger partial charge in [-0.1, -0.05) is 167 Å². The Morgan fingerprint density at radius 2 is 0.628 bits per heavy atom. The first-order chi connectivity index (χ1) is 68.0. The molecule has 8 aromatic carbocycles. The summed E-state index contributed by atoms with van der Waals surface area (Å²) in [6.45, 7) is 44.7. The van der Waals surface area contributed by atoms with E-state index in [4.69, 9.17) is 34.9 Å². The molecule has 10 aromatic heterocycles. The van der Waals surface area contributed by atoms with Gasteiger partial charge in [0.2, 0.25) is 0 Å². The molecule has 0 bridgehead atoms. The number of hydrogen-bond acceptors (Lipinski definition) is 13. The number of aliphatic hydroxyl groups is 4. The maximum Gasteiger partial charge on any atom is 0.164 e. The van der Waals surface area contributed by atoms with Crippen molar-refractivity contribution in [3.63, 3.8) is 0 Å². The van der Waals surface area contributed by atoms with Crippen LogP contribution in [0.2, 0.25) is 0 Å². The van der Waals surface area contributed by atoms with E-state index in [0.29, 0.717) is 0 Å². The van der Waals surface area contributed by atoms with Gasteiger partial charge in [-0.25, -0.2) is 0 Å². The second kappa shape index (κ2) is 54.3. The Morgan fingerprint density at radius 1 is 0.311 bits per heavy atom. The summed E-state index contributed by atoms with van der Waals surface area (Å²) >= 11 is 0. The molecule has 148 heavy (non-hydrogen) atoms. The Bertz CT molecular complexity index is 7510. The maximum absolute atomic E-state index is 11.5. The van der Waals surface area contributed by atoms with Gasteiger partial charge >= 0.3 is 0 Å². The molecule has 0 saturated carbocycles. The molecular formula is C125H132Ir4N10O9-4. The molecule has 0 amide bonds. The van der Waals surface area contributed by atoms with E-state index >= 15 is 0 Å². The first kappa shape index (κ1) is 121. The smallest absolute Gasteiger partial charge is 0.164 e. The third kappa shape index (κ3) is 34.7. The van der Waals surface area contributed by atoms with E-state index in [2.05, 4.69) is 296 Å². The number of fused-ring (bicyclic) bond motifs is 4. The normalized spacial score (nSPS) is 11.4. The number of aromatic nitrogens is 10. The van der Waals surface area contributed by atoms with Gasteiger partial charge in [-0.2, -0.15) is 0 Å². The van der Waals surface area contributed by atoms with E-state index in [1.807, 2.05) is 193 Å². The summed E-state index contributed by atoms with van der Waals surface area (Å²) in [5.74, 6) is 0.829. The molecule has 0 aliphatic carbocycles. The molecule has 0 aliphatic rings. The average molecular weight is 2690 g/mol. The second-order valence-corrected chi connectivity index (χ2v) is 40.1. The molecule has 19 nitrogen and oxygen atoms in total. The second-order valence-electron chi connectivity index (χ2n) is 40.1. The van der Waals surface area contributed by atoms with E-state index in [0.717, 1.165) is 151 Å². The molecule has 10 heterocycles. The quantitative estimate of drug-likeness (QED) is 0.0425. The van der Waals surface area contributed by atoms with Crippen LogP contribution in [0.4, 0.5) is 0 Å². The molecule has 776 valence electrons. The van der Waals surface area contributed by atoms with Crippen LogP contribution in [0.25, 0.3) is 123 Å². The molecule has 0 saturated heterocycles. The van der Waals surface area contributed by atoms with Crippen LogP contribution >= 0.6 is 0 Å². The number of pyridine rings is 4. The molecule has 0 atom stereocenters. The van der Waals surface area contributed by atoms with Crippen molar-refractivity contribution in [3.8, 4) is 84.9 Å². The number of hydrogen-bond donors (Lipinski definition) is 4. The summed E-state index contributed by atoms with van der Waals surface area (Å²) in [6, 6.07) is 90.9. The number of aliphatic hydroxyl groups excluding tert-OH is 4. The zero-order valence-electron chi connectivity index (χ0n) is 88.7. The van der Waals surface area contributed by atoms with Crippen molar-refractivity contribution < 1.29 is 125 Å². The first-order valence-electron chi connectivity index (χ1n) is 47.8. The fourth-order valence-corrected chi connectivity index (χ4v) is 15.3. The number of nitrogens with zero attached hydrogens (tertiary/aromatic N) is 10. The molecule has 4 N–H and O–H groups in total. The molecule has 4 radical (unpaired) electrons. The predicted molar refractivity (Wildman–Crippen MR) is 588 cm³/mol. The number of ketones is 4. The predicted octanol–water partition coefficient (Wildman–Crippen LogP) is 30.3. The molecule has 0 aliphatic heterocycles. The molecule has 18 aromatic rings. The van der Waals surface area contributed by atoms with Crippen molar-refractivity contribution in [1.82, 2.24) is 47.3 Å². The number of ether oxygens (including phenoxy) is 1. The van der Waals surface area contributed by atoms with Gasteiger partial charge in [0.05, 0.1) is 63.4 Å². The molecule has 0 unspecified atom stereocenters. The van der Waals surface area contributed by atoms with Gasteiger partial charge in [0.1, 0.15) is 17.3 Å². The van der Waals surface area contributed by atoms with E-state index in [1.165, 1.54) is 74.3 Å². The van der Waals surface area contributed by atoms with Crippen molar-refractivity contribution in [2.75, 3.05) is 7.11 Å². The number of carbonyl (C=O) groups excluding carboxylic acids is 4. The van der Waals surface area contributed by atoms with Crippen LogP contribution in [0.15, 0.2) is 346 Å². The van der Waals surface area contributed by atoms with Crippen LogP contribution in [0.5, 0.6) is 5.75 Å². The fourth-order valence-electron chi connectivity index (χ4n) is 15.3. The van der Waals surface area contributed by atoms with Crippen molar-refractivity contribution in [2.45, 2.75) is 166 Å². The minimum atomic E-state index is -0.417. The first-order valence-corrected chi connectivity index (χ1v) is 47.8. The van der Waals surface area contributed by atoms with Gasteiger partial charge in [0, 0.05) is 239 Å². The third-order valence-corrected chi connectivity index (χ3v) is 22.7. The van der Waals surface area contributed by atoms with Crippen molar-refractivity contribution in [3.05, 3.63) is 415 Å². The molecule has 18 rings (SSSR count). The van der Waals surface area contributed by atoms with Gasteiger partial charge < -0.3 is 52.6 Å². The summed E-state index contributed by atoms with van der Waals surface area (Å²) in [5, 5.41) is 40.3. The van der Waals surface area contributed by atoms with Gasteiger partial charge in [-0.3, -0.25) is 39.1 Å². The van der Waals surface area contributed by atoms with Gasteiger partial charge in [-0.05, 0) is 191 Å². The summed E-state index contributed by atoms with van der Waals surface area (Å²) in [7, 11) is 1.69. The Labute approximate surface area is 925 Å². The Kier molecular flexibility index (Phi) is 44.5. The largest absolute Gasteiger partial charge is 0.512 e. The SMILES string of the molecule is CC(=O)C=C(C)O.CC(=O)C=C(C)O.CC(C)(C)C(=O)C=C(O)C(C)(C)C.CC(C)(C)C(=O)C=C(O)C(C)(C)C.COc1cc2cc(-n3cccc3)c(-n3cccc3)cc2nc1-c1[c-]c(C)cc(C)c1.Cc1[c-]c(-c2ccc3cc(-n4cccc4)ccc3n2)cc(C)c1.Cc1[c-]c(-c2nc3cc(-n4cccc4)c(-n4cccc4)cc3cc2C)cc(C)c1.Cc1cc[c-]c(-c2ccc3cc(-n4cccc4)ccc3n2)c1.[Ir].[Ir].[Ir].[Ir]. The van der Waals surface area contributed by atoms with Crippen molar-refractivity contribution >= 4 is 66.7 Å². The van der Waals surface area contributed by atoms with Crippen LogP contribution in [-0.2, 0) is 99.6 Å². The monoisotopic (exact) mass is 2690 g/mol. The summed E-state index contributed by atoms with van der Waals surface area (Å²) in [6.07, 6.45) is 29.7. The van der Waals surface area contributed by atoms with Crippen LogP contribution in [-0.4, -0.2) is 98.0 Å². The number of benzene rings is 8. The number of carbonyl (C=O) groups is 4. The van der Waals surface area contributed by atoms with E-state index in [9.17, 15) is 29.4 Å². The Morgan fingerprint density at radius 3 is 0.953 bits per heavy atom. The Hall–Kier alpha value is -13.7. The maximum atomic E-state index is 11.5. The third-order valence-electron chi connectivity index (χ3n) is 22.7. The van der Waals surface area contributed by atoms with Crippen molar-refractivity contribution in [2.24, 2.45) is 21.7 Å². The van der Waals surface area contributed by atoms with Crippen LogP contribution in [0.3, 0.4) is 0 Å². The van der Waals surface area contributed by atoms with Crippen molar-refractivity contribution in [1.29, 1.82) is 0 Å². The molecule has 0 spiro atoms. The van der Waals surface area contributed by atoms with E-state index in [1.54, 1.807) is 7.11 Å². The number of methoxy groups -OCH3 is 1. The van der Waals surface area contributed by atoms with Crippen LogP contribution in [0.1, 0.15) is 155 Å². The number of allylic oxidation sites excluding steroid dienone is 8. The van der Waals surface area contributed by atoms with E-state index < -0.39 is 10.8 Å². The average Bonchev–Trinajstić information content (AvgIpc) is 1.27. The minimum absolute atomic E-state index is 0. The molecule has 0 fully saturated rings. The summed E-state index contributed by atoms with van der Waals surface area (Å²) in [4.78, 5) is 62.7. The zero-order chi connectivity index (χ0) is 105. The topological polar surface area (TPSA) is 240 Å². The van der Waals surface area contributed by atoms with Gasteiger partial charge in [-0.15, -0.1) is 140 Å². The van der Waals surface area contributed by atoms with Crippen LogP contribution < -0.4 is 4.74 Å². The summed E-state index contributed by atoms with van der Waals surface area (Å²) < 4.78 is 18.4. The standard InChI is InChI=1S/C26H22N3O.C26H22N3.C21H17N2.C20H15N2.2C11H20O2.2C5H8O2.4Ir/c1-18-12-19(2)14-21(13-18)26-25(30-3)16-20-15-23(28-8-4-5-9-28)24(17-22(20)27-26)29-10-6-7-11-29;1-18-12-19(2)14-22(13-18)26-20(3)15-21-16-24(28-8-4-5-9-28)25(17-23(21)27-26)29-10-6-7-11-29;1-15-11-16(2)13-18(12-15)21-7-5-17-14-19(6-8-20(17)22-21)23-9-3-4-10-23;1-15-5-4-6-16(13-15)19-9-7-17-14-18(8-10-20(17)21-19)22-11-2-3-12-22;2*1-10(2,3)8(12)7-9(13)11(4,5)6;2*1-4(6)3-5(2)7;;;;/h4-13,15-17H,1-3H3;4-13,15-17H,1-3H3;3-12,14H,1-2H3;2-5,7-14H,1H3;2*7,12H,1-6H3;2*3,6H,1-2H3;;;;/q4*-1;;;;;;;;. The molecule has 23 heteroatoms. The zero-order valence-corrected chi connectivity index (χ0v) is 98.3. The summed E-state index contributed by atoms with van der Waals surface area (Å²) in [5.41, 5.74) is 26.3. The Balaban J connectivity index is 0.000000238. The molecular weight excluding hydrogens is 2550 g/mol. The number of aryl methyl sites for hydroxylation is 8. The van der Waals surface area contributed by atoms with E-state index in [-0.39, 0.29) is 137 Å². The fraction of sp³-hybridized carbons (Fsp3) is 0.232. The minimum Gasteiger partial charge on any atom is -0.512 e. The van der Waals surface area contributed by atoms with Crippen LogP contribution in [0, 0.1) is 101 Å². The number of rotatable bonds is 15.